The van der Waals surface area contributed by atoms with Crippen LogP contribution in [0, 0.1) is 19.8 Å². The summed E-state index contributed by atoms with van der Waals surface area (Å²) >= 11 is 0. The van der Waals surface area contributed by atoms with Crippen LogP contribution in [0.25, 0.3) is 0 Å². The average molecular weight is 237 g/mol. The lowest BCUT2D eigenvalue weighted by atomic mass is 10.1. The van der Waals surface area contributed by atoms with E-state index in [0.717, 1.165) is 22.6 Å². The van der Waals surface area contributed by atoms with E-state index >= 15 is 0 Å². The zero-order valence-corrected chi connectivity index (χ0v) is 10.7. The van der Waals surface area contributed by atoms with E-state index in [1.807, 2.05) is 26.0 Å². The lowest BCUT2D eigenvalue weighted by Crippen LogP contribution is -2.19. The van der Waals surface area contributed by atoms with Crippen molar-refractivity contribution in [1.82, 2.24) is 0 Å². The molecule has 0 fully saturated rings. The van der Waals surface area contributed by atoms with E-state index in [1.165, 1.54) is 0 Å². The zero-order valence-electron chi connectivity index (χ0n) is 10.7. The van der Waals surface area contributed by atoms with Crippen LogP contribution in [0.2, 0.25) is 0 Å². The lowest BCUT2D eigenvalue weighted by Gasteiger charge is -2.15. The maximum atomic E-state index is 10.7. The van der Waals surface area contributed by atoms with Crippen LogP contribution in [-0.2, 0) is 4.79 Å². The predicted molar refractivity (Wildman–Crippen MR) is 67.8 cm³/mol. The number of carbonyl (C=O) groups is 1. The quantitative estimate of drug-likeness (QED) is 0.825. The number of anilines is 1. The Morgan fingerprint density at radius 3 is 2.53 bits per heavy atom. The minimum Gasteiger partial charge on any atom is -0.495 e. The summed E-state index contributed by atoms with van der Waals surface area (Å²) in [7, 11) is 1.61. The maximum Gasteiger partial charge on any atom is 0.308 e. The molecular weight excluding hydrogens is 218 g/mol. The number of carboxylic acid groups (broad SMARTS) is 1. The standard InChI is InChI=1S/C13H19NO3/c1-8-5-11(12(17-4)6-9(8)2)14-7-10(3)13(15)16/h5-6,10,14H,7H2,1-4H3,(H,15,16). The van der Waals surface area contributed by atoms with Gasteiger partial charge >= 0.3 is 5.97 Å². The first-order valence-corrected chi connectivity index (χ1v) is 5.57. The van der Waals surface area contributed by atoms with Crippen molar-refractivity contribution in [2.45, 2.75) is 20.8 Å². The molecule has 0 bridgehead atoms. The third-order valence-electron chi connectivity index (χ3n) is 2.84. The Morgan fingerprint density at radius 2 is 2.00 bits per heavy atom. The second kappa shape index (κ2) is 5.57. The summed E-state index contributed by atoms with van der Waals surface area (Å²) in [5.74, 6) is -0.493. The lowest BCUT2D eigenvalue weighted by molar-refractivity contribution is -0.140. The van der Waals surface area contributed by atoms with E-state index in [1.54, 1.807) is 14.0 Å². The zero-order chi connectivity index (χ0) is 13.0. The van der Waals surface area contributed by atoms with Gasteiger partial charge in [-0.25, -0.2) is 0 Å². The molecule has 0 aliphatic carbocycles. The van der Waals surface area contributed by atoms with E-state index in [-0.39, 0.29) is 0 Å². The highest BCUT2D eigenvalue weighted by Gasteiger charge is 2.12. The molecule has 17 heavy (non-hydrogen) atoms. The highest BCUT2D eigenvalue weighted by molar-refractivity contribution is 5.70. The monoisotopic (exact) mass is 237 g/mol. The number of aryl methyl sites for hydroxylation is 2. The van der Waals surface area contributed by atoms with Crippen molar-refractivity contribution in [1.29, 1.82) is 0 Å². The molecule has 4 heteroatoms. The Labute approximate surface area is 102 Å². The van der Waals surface area contributed by atoms with Crippen LogP contribution < -0.4 is 10.1 Å². The number of aliphatic carboxylic acids is 1. The molecule has 0 heterocycles. The van der Waals surface area contributed by atoms with Gasteiger partial charge in [-0.3, -0.25) is 4.79 Å². The third kappa shape index (κ3) is 3.37. The van der Waals surface area contributed by atoms with Crippen LogP contribution in [0.4, 0.5) is 5.69 Å². The van der Waals surface area contributed by atoms with Gasteiger partial charge in [-0.05, 0) is 37.1 Å². The van der Waals surface area contributed by atoms with Crippen molar-refractivity contribution in [2.75, 3.05) is 19.0 Å². The topological polar surface area (TPSA) is 58.6 Å². The number of methoxy groups -OCH3 is 1. The van der Waals surface area contributed by atoms with Gasteiger partial charge in [-0.2, -0.15) is 0 Å². The summed E-state index contributed by atoms with van der Waals surface area (Å²) in [5, 5.41) is 11.9. The number of ether oxygens (including phenoxy) is 1. The number of rotatable bonds is 5. The van der Waals surface area contributed by atoms with Crippen LogP contribution in [0.1, 0.15) is 18.1 Å². The van der Waals surface area contributed by atoms with Crippen molar-refractivity contribution >= 4 is 11.7 Å². The second-order valence-electron chi connectivity index (χ2n) is 4.26. The third-order valence-corrected chi connectivity index (χ3v) is 2.84. The van der Waals surface area contributed by atoms with E-state index in [2.05, 4.69) is 5.32 Å². The molecule has 1 aromatic rings. The van der Waals surface area contributed by atoms with Crippen LogP contribution in [0.15, 0.2) is 12.1 Å². The number of hydrogen-bond donors (Lipinski definition) is 2. The molecule has 4 nitrogen and oxygen atoms in total. The van der Waals surface area contributed by atoms with Crippen molar-refractivity contribution < 1.29 is 14.6 Å². The second-order valence-corrected chi connectivity index (χ2v) is 4.26. The Balaban J connectivity index is 2.83. The average Bonchev–Trinajstić information content (AvgIpc) is 2.29. The molecule has 0 spiro atoms. The summed E-state index contributed by atoms with van der Waals surface area (Å²) in [6, 6.07) is 3.92. The fourth-order valence-corrected chi connectivity index (χ4v) is 1.45. The number of nitrogens with one attached hydrogen (secondary N) is 1. The molecule has 1 aromatic carbocycles. The maximum absolute atomic E-state index is 10.7. The molecule has 1 rings (SSSR count). The fourth-order valence-electron chi connectivity index (χ4n) is 1.45. The Bertz CT molecular complexity index is 415. The fraction of sp³-hybridized carbons (Fsp3) is 0.462. The molecule has 1 atom stereocenters. The first-order chi connectivity index (χ1) is 7.95. The minimum absolute atomic E-state index is 0.383. The molecule has 94 valence electrons. The Morgan fingerprint density at radius 1 is 1.41 bits per heavy atom. The summed E-state index contributed by atoms with van der Waals surface area (Å²) in [5.41, 5.74) is 3.14. The van der Waals surface area contributed by atoms with Crippen LogP contribution in [-0.4, -0.2) is 24.7 Å². The van der Waals surface area contributed by atoms with Gasteiger partial charge in [-0.1, -0.05) is 6.92 Å². The predicted octanol–water partition coefficient (Wildman–Crippen LogP) is 2.44. The van der Waals surface area contributed by atoms with E-state index in [0.29, 0.717) is 6.54 Å². The Kier molecular flexibility index (Phi) is 4.37. The van der Waals surface area contributed by atoms with Gasteiger partial charge in [0, 0.05) is 6.54 Å². The number of benzene rings is 1. The molecule has 0 radical (unpaired) electrons. The van der Waals surface area contributed by atoms with Gasteiger partial charge in [0.1, 0.15) is 5.75 Å². The van der Waals surface area contributed by atoms with Crippen molar-refractivity contribution in [3.8, 4) is 5.75 Å². The van der Waals surface area contributed by atoms with E-state index in [4.69, 9.17) is 9.84 Å². The van der Waals surface area contributed by atoms with Crippen molar-refractivity contribution in [3.63, 3.8) is 0 Å². The van der Waals surface area contributed by atoms with Crippen molar-refractivity contribution in [2.24, 2.45) is 5.92 Å². The molecule has 0 aromatic heterocycles. The number of carboxylic acids is 1. The molecule has 1 unspecified atom stereocenters. The van der Waals surface area contributed by atoms with Gasteiger partial charge < -0.3 is 15.2 Å². The first kappa shape index (κ1) is 13.4. The van der Waals surface area contributed by atoms with Crippen LogP contribution in [0.3, 0.4) is 0 Å². The van der Waals surface area contributed by atoms with Gasteiger partial charge in [0.15, 0.2) is 0 Å². The molecule has 0 aliphatic rings. The minimum atomic E-state index is -0.805. The SMILES string of the molecule is COc1cc(C)c(C)cc1NCC(C)C(=O)O. The molecule has 2 N–H and O–H groups in total. The molecule has 0 aliphatic heterocycles. The van der Waals surface area contributed by atoms with Gasteiger partial charge in [0.25, 0.3) is 0 Å². The van der Waals surface area contributed by atoms with Crippen LogP contribution >= 0.6 is 0 Å². The van der Waals surface area contributed by atoms with Gasteiger partial charge in [0.2, 0.25) is 0 Å². The van der Waals surface area contributed by atoms with E-state index < -0.39 is 11.9 Å². The number of hydrogen-bond acceptors (Lipinski definition) is 3. The Hall–Kier alpha value is -1.71. The van der Waals surface area contributed by atoms with Crippen molar-refractivity contribution in [3.05, 3.63) is 23.3 Å². The summed E-state index contributed by atoms with van der Waals surface area (Å²) < 4.78 is 5.26. The van der Waals surface area contributed by atoms with E-state index in [9.17, 15) is 4.79 Å². The van der Waals surface area contributed by atoms with Crippen LogP contribution in [0.5, 0.6) is 5.75 Å². The normalized spacial score (nSPS) is 12.0. The molecule has 0 amide bonds. The van der Waals surface area contributed by atoms with Gasteiger partial charge in [0.05, 0.1) is 18.7 Å². The molecule has 0 saturated heterocycles. The molecular formula is C13H19NO3. The highest BCUT2D eigenvalue weighted by Crippen LogP contribution is 2.28. The first-order valence-electron chi connectivity index (χ1n) is 5.57. The van der Waals surface area contributed by atoms with Gasteiger partial charge in [-0.15, -0.1) is 0 Å². The highest BCUT2D eigenvalue weighted by atomic mass is 16.5. The summed E-state index contributed by atoms with van der Waals surface area (Å²) in [6.45, 7) is 6.08. The summed E-state index contributed by atoms with van der Waals surface area (Å²) in [4.78, 5) is 10.7. The summed E-state index contributed by atoms with van der Waals surface area (Å²) in [6.07, 6.45) is 0. The largest absolute Gasteiger partial charge is 0.495 e. The molecule has 0 saturated carbocycles. The smallest absolute Gasteiger partial charge is 0.308 e.